The van der Waals surface area contributed by atoms with E-state index in [0.29, 0.717) is 0 Å². The number of carbonyl (C=O) groups is 2. The summed E-state index contributed by atoms with van der Waals surface area (Å²) >= 11 is 0. The highest BCUT2D eigenvalue weighted by Gasteiger charge is 2.46. The van der Waals surface area contributed by atoms with Crippen molar-refractivity contribution in [3.05, 3.63) is 35.9 Å². The van der Waals surface area contributed by atoms with Gasteiger partial charge in [-0.3, -0.25) is 14.5 Å². The molecule has 3 rings (SSSR count). The molecule has 1 saturated heterocycles. The topological polar surface area (TPSA) is 69.6 Å². The molecule has 1 aromatic carbocycles. The molecule has 1 aliphatic heterocycles. The molecule has 25 heavy (non-hydrogen) atoms. The fraction of sp³-hybridized carbons (Fsp3) is 0.600. The van der Waals surface area contributed by atoms with Crippen LogP contribution >= 0.6 is 0 Å². The van der Waals surface area contributed by atoms with Crippen LogP contribution in [-0.4, -0.2) is 40.5 Å². The van der Waals surface area contributed by atoms with Crippen molar-refractivity contribution in [3.63, 3.8) is 0 Å². The number of carbonyl (C=O) groups excluding carboxylic acids is 1. The molecule has 1 aromatic rings. The van der Waals surface area contributed by atoms with E-state index in [4.69, 9.17) is 0 Å². The van der Waals surface area contributed by atoms with Gasteiger partial charge in [0.1, 0.15) is 5.54 Å². The highest BCUT2D eigenvalue weighted by atomic mass is 16.4. The highest BCUT2D eigenvalue weighted by molar-refractivity contribution is 5.87. The molecule has 2 fully saturated rings. The van der Waals surface area contributed by atoms with Gasteiger partial charge in [-0.25, -0.2) is 0 Å². The normalized spacial score (nSPS) is 21.6. The van der Waals surface area contributed by atoms with Crippen LogP contribution in [0.25, 0.3) is 0 Å². The first-order valence-corrected chi connectivity index (χ1v) is 9.44. The van der Waals surface area contributed by atoms with Crippen molar-refractivity contribution in [1.29, 1.82) is 0 Å². The molecule has 1 atom stereocenters. The number of likely N-dealkylation sites (tertiary alicyclic amines) is 1. The molecule has 136 valence electrons. The van der Waals surface area contributed by atoms with Gasteiger partial charge in [0.25, 0.3) is 0 Å². The van der Waals surface area contributed by atoms with Gasteiger partial charge in [0.15, 0.2) is 0 Å². The Kier molecular flexibility index (Phi) is 5.74. The lowest BCUT2D eigenvalue weighted by Gasteiger charge is -2.44. The number of carboxylic acids is 1. The number of hydrogen-bond acceptors (Lipinski definition) is 3. The molecular weight excluding hydrogens is 316 g/mol. The quantitative estimate of drug-likeness (QED) is 0.832. The molecule has 1 heterocycles. The lowest BCUT2D eigenvalue weighted by molar-refractivity contribution is -0.139. The minimum Gasteiger partial charge on any atom is -0.481 e. The van der Waals surface area contributed by atoms with E-state index in [-0.39, 0.29) is 12.3 Å². The largest absolute Gasteiger partial charge is 0.481 e. The first-order chi connectivity index (χ1) is 12.1. The molecule has 1 saturated carbocycles. The molecule has 0 aromatic heterocycles. The fourth-order valence-electron chi connectivity index (χ4n) is 4.37. The molecule has 2 aliphatic rings. The van der Waals surface area contributed by atoms with Gasteiger partial charge in [-0.2, -0.15) is 0 Å². The van der Waals surface area contributed by atoms with Gasteiger partial charge < -0.3 is 10.4 Å². The summed E-state index contributed by atoms with van der Waals surface area (Å²) in [6.45, 7) is 1.95. The third kappa shape index (κ3) is 4.03. The van der Waals surface area contributed by atoms with Gasteiger partial charge in [-0.15, -0.1) is 0 Å². The molecule has 0 bridgehead atoms. The summed E-state index contributed by atoms with van der Waals surface area (Å²) in [5.74, 6) is -0.878. The Bertz CT molecular complexity index is 590. The van der Waals surface area contributed by atoms with Crippen LogP contribution < -0.4 is 5.32 Å². The van der Waals surface area contributed by atoms with E-state index in [1.54, 1.807) is 0 Å². The van der Waals surface area contributed by atoms with Crippen LogP contribution in [0, 0.1) is 0 Å². The Morgan fingerprint density at radius 1 is 1.04 bits per heavy atom. The van der Waals surface area contributed by atoms with Crippen molar-refractivity contribution in [2.75, 3.05) is 13.1 Å². The minimum absolute atomic E-state index is 0.0178. The summed E-state index contributed by atoms with van der Waals surface area (Å²) in [4.78, 5) is 27.0. The number of hydrogen-bond donors (Lipinski definition) is 2. The highest BCUT2D eigenvalue weighted by Crippen LogP contribution is 2.37. The van der Waals surface area contributed by atoms with E-state index >= 15 is 0 Å². The number of nitrogens with zero attached hydrogens (tertiary/aromatic N) is 1. The zero-order valence-corrected chi connectivity index (χ0v) is 14.7. The fourth-order valence-corrected chi connectivity index (χ4v) is 4.37. The van der Waals surface area contributed by atoms with Crippen molar-refractivity contribution < 1.29 is 14.7 Å². The van der Waals surface area contributed by atoms with Crippen LogP contribution in [0.15, 0.2) is 30.3 Å². The molecule has 1 unspecified atom stereocenters. The van der Waals surface area contributed by atoms with Crippen molar-refractivity contribution in [2.45, 2.75) is 62.9 Å². The van der Waals surface area contributed by atoms with Crippen LogP contribution in [0.4, 0.5) is 0 Å². The molecule has 0 spiro atoms. The molecule has 5 nitrogen and oxygen atoms in total. The second-order valence-electron chi connectivity index (χ2n) is 7.32. The number of rotatable bonds is 6. The Balaban J connectivity index is 1.81. The molecule has 1 amide bonds. The monoisotopic (exact) mass is 344 g/mol. The predicted molar refractivity (Wildman–Crippen MR) is 96.2 cm³/mol. The Morgan fingerprint density at radius 3 is 2.28 bits per heavy atom. The maximum Gasteiger partial charge on any atom is 0.305 e. The Morgan fingerprint density at radius 2 is 1.68 bits per heavy atom. The third-order valence-corrected chi connectivity index (χ3v) is 5.70. The van der Waals surface area contributed by atoms with Gasteiger partial charge in [0.05, 0.1) is 12.5 Å². The van der Waals surface area contributed by atoms with Gasteiger partial charge in [-0.1, -0.05) is 49.6 Å². The third-order valence-electron chi connectivity index (χ3n) is 5.70. The molecule has 5 heteroatoms. The lowest BCUT2D eigenvalue weighted by Crippen LogP contribution is -2.59. The average Bonchev–Trinajstić information content (AvgIpc) is 3.17. The SMILES string of the molecule is O=C(O)CC(NC(=O)C1(N2CCCC2)CCCCC1)c1ccccc1. The van der Waals surface area contributed by atoms with Gasteiger partial charge >= 0.3 is 5.97 Å². The van der Waals surface area contributed by atoms with Crippen molar-refractivity contribution in [1.82, 2.24) is 10.2 Å². The summed E-state index contributed by atoms with van der Waals surface area (Å²) in [6, 6.07) is 8.96. The van der Waals surface area contributed by atoms with Crippen LogP contribution in [0.3, 0.4) is 0 Å². The number of carboxylic acid groups (broad SMARTS) is 1. The molecule has 0 radical (unpaired) electrons. The smallest absolute Gasteiger partial charge is 0.305 e. The van der Waals surface area contributed by atoms with Crippen molar-refractivity contribution in [2.24, 2.45) is 0 Å². The van der Waals surface area contributed by atoms with E-state index in [0.717, 1.165) is 57.2 Å². The second-order valence-corrected chi connectivity index (χ2v) is 7.32. The van der Waals surface area contributed by atoms with Crippen LogP contribution in [0.1, 0.15) is 63.0 Å². The summed E-state index contributed by atoms with van der Waals surface area (Å²) in [5.41, 5.74) is 0.408. The predicted octanol–water partition coefficient (Wildman–Crippen LogP) is 3.12. The van der Waals surface area contributed by atoms with E-state index in [1.807, 2.05) is 30.3 Å². The number of benzene rings is 1. The van der Waals surface area contributed by atoms with Crippen LogP contribution in [0.2, 0.25) is 0 Å². The average molecular weight is 344 g/mol. The summed E-state index contributed by atoms with van der Waals surface area (Å²) in [5, 5.41) is 12.4. The van der Waals surface area contributed by atoms with Crippen molar-refractivity contribution in [3.8, 4) is 0 Å². The van der Waals surface area contributed by atoms with E-state index < -0.39 is 17.6 Å². The van der Waals surface area contributed by atoms with Crippen LogP contribution in [-0.2, 0) is 9.59 Å². The van der Waals surface area contributed by atoms with Gasteiger partial charge in [0.2, 0.25) is 5.91 Å². The molecule has 2 N–H and O–H groups in total. The summed E-state index contributed by atoms with van der Waals surface area (Å²) in [6.07, 6.45) is 7.28. The number of aliphatic carboxylic acids is 1. The first-order valence-electron chi connectivity index (χ1n) is 9.44. The summed E-state index contributed by atoms with van der Waals surface area (Å²) < 4.78 is 0. The van der Waals surface area contributed by atoms with E-state index in [1.165, 1.54) is 6.42 Å². The first kappa shape index (κ1) is 17.9. The van der Waals surface area contributed by atoms with Gasteiger partial charge in [-0.05, 0) is 44.3 Å². The minimum atomic E-state index is -0.895. The Hall–Kier alpha value is -1.88. The summed E-state index contributed by atoms with van der Waals surface area (Å²) in [7, 11) is 0. The molecular formula is C20H28N2O3. The number of amides is 1. The zero-order chi connectivity index (χ0) is 17.7. The standard InChI is InChI=1S/C20H28N2O3/c23-18(24)15-17(16-9-3-1-4-10-16)21-19(25)20(11-5-2-6-12-20)22-13-7-8-14-22/h1,3-4,9-10,17H,2,5-8,11-15H2,(H,21,25)(H,23,24). The van der Waals surface area contributed by atoms with E-state index in [2.05, 4.69) is 10.2 Å². The van der Waals surface area contributed by atoms with Crippen LogP contribution in [0.5, 0.6) is 0 Å². The number of nitrogens with one attached hydrogen (secondary N) is 1. The Labute approximate surface area is 149 Å². The van der Waals surface area contributed by atoms with E-state index in [9.17, 15) is 14.7 Å². The second kappa shape index (κ2) is 8.00. The lowest BCUT2D eigenvalue weighted by atomic mass is 9.79. The molecule has 1 aliphatic carbocycles. The maximum atomic E-state index is 13.3. The van der Waals surface area contributed by atoms with Crippen molar-refractivity contribution >= 4 is 11.9 Å². The van der Waals surface area contributed by atoms with Gasteiger partial charge in [0, 0.05) is 0 Å². The zero-order valence-electron chi connectivity index (χ0n) is 14.7. The maximum absolute atomic E-state index is 13.3.